The van der Waals surface area contributed by atoms with Crippen molar-refractivity contribution in [2.24, 2.45) is 5.73 Å². The second-order valence-electron chi connectivity index (χ2n) is 4.57. The molecule has 0 fully saturated rings. The Hall–Kier alpha value is -0.910. The Balaban J connectivity index is 2.58. The van der Waals surface area contributed by atoms with Gasteiger partial charge in [0.2, 0.25) is 0 Å². The third-order valence-electron chi connectivity index (χ3n) is 2.80. The molecular weight excluding hydrogens is 216 g/mol. The zero-order valence-electron chi connectivity index (χ0n) is 10.9. The lowest BCUT2D eigenvalue weighted by Gasteiger charge is -2.22. The van der Waals surface area contributed by atoms with Crippen LogP contribution < -0.4 is 11.1 Å². The fraction of sp³-hybridized carbons (Fsp3) is 0.750. The molecule has 0 amide bonds. The molecule has 3 unspecified atom stereocenters. The SMILES string of the molecule is CCn1cc(C(CN)NC(C)CC(C)O)cn1. The zero-order chi connectivity index (χ0) is 12.8. The summed E-state index contributed by atoms with van der Waals surface area (Å²) in [5.41, 5.74) is 6.88. The molecule has 1 aromatic heterocycles. The molecule has 1 rings (SSSR count). The maximum atomic E-state index is 9.33. The molecular formula is C12H24N4O. The first-order valence-corrected chi connectivity index (χ1v) is 6.23. The lowest BCUT2D eigenvalue weighted by molar-refractivity contribution is 0.168. The third-order valence-corrected chi connectivity index (χ3v) is 2.80. The molecule has 98 valence electrons. The Bertz CT molecular complexity index is 324. The number of nitrogens with zero attached hydrogens (tertiary/aromatic N) is 2. The van der Waals surface area contributed by atoms with Gasteiger partial charge in [-0.2, -0.15) is 5.10 Å². The quantitative estimate of drug-likeness (QED) is 0.654. The third kappa shape index (κ3) is 4.46. The number of aliphatic hydroxyl groups is 1. The molecule has 0 radical (unpaired) electrons. The molecule has 0 aliphatic heterocycles. The van der Waals surface area contributed by atoms with E-state index in [-0.39, 0.29) is 18.2 Å². The van der Waals surface area contributed by atoms with Crippen molar-refractivity contribution in [3.05, 3.63) is 18.0 Å². The van der Waals surface area contributed by atoms with Gasteiger partial charge >= 0.3 is 0 Å². The van der Waals surface area contributed by atoms with Crippen LogP contribution in [0.25, 0.3) is 0 Å². The van der Waals surface area contributed by atoms with Crippen molar-refractivity contribution < 1.29 is 5.11 Å². The van der Waals surface area contributed by atoms with Crippen LogP contribution in [0, 0.1) is 0 Å². The van der Waals surface area contributed by atoms with E-state index >= 15 is 0 Å². The summed E-state index contributed by atoms with van der Waals surface area (Å²) in [6.07, 6.45) is 4.29. The fourth-order valence-corrected chi connectivity index (χ4v) is 1.96. The van der Waals surface area contributed by atoms with Gasteiger partial charge in [0.1, 0.15) is 0 Å². The maximum Gasteiger partial charge on any atom is 0.0538 e. The minimum Gasteiger partial charge on any atom is -0.393 e. The van der Waals surface area contributed by atoms with Crippen LogP contribution in [0.1, 0.15) is 38.8 Å². The van der Waals surface area contributed by atoms with E-state index in [1.165, 1.54) is 0 Å². The Morgan fingerprint density at radius 2 is 2.24 bits per heavy atom. The van der Waals surface area contributed by atoms with E-state index in [9.17, 15) is 5.11 Å². The predicted octanol–water partition coefficient (Wildman–Crippen LogP) is 0.652. The molecule has 0 aliphatic rings. The van der Waals surface area contributed by atoms with Gasteiger partial charge in [-0.05, 0) is 27.2 Å². The highest BCUT2D eigenvalue weighted by Crippen LogP contribution is 2.12. The summed E-state index contributed by atoms with van der Waals surface area (Å²) < 4.78 is 1.89. The van der Waals surface area contributed by atoms with Crippen LogP contribution >= 0.6 is 0 Å². The summed E-state index contributed by atoms with van der Waals surface area (Å²) in [6, 6.07) is 0.331. The Labute approximate surface area is 103 Å². The van der Waals surface area contributed by atoms with E-state index in [0.29, 0.717) is 6.54 Å². The normalized spacial score (nSPS) is 16.8. The van der Waals surface area contributed by atoms with E-state index in [0.717, 1.165) is 18.5 Å². The Morgan fingerprint density at radius 3 is 2.71 bits per heavy atom. The van der Waals surface area contributed by atoms with Gasteiger partial charge in [-0.3, -0.25) is 4.68 Å². The number of hydrogen-bond donors (Lipinski definition) is 3. The smallest absolute Gasteiger partial charge is 0.0538 e. The number of aromatic nitrogens is 2. The largest absolute Gasteiger partial charge is 0.393 e. The molecule has 5 heteroatoms. The van der Waals surface area contributed by atoms with Gasteiger partial charge in [-0.25, -0.2) is 0 Å². The van der Waals surface area contributed by atoms with E-state index < -0.39 is 0 Å². The lowest BCUT2D eigenvalue weighted by Crippen LogP contribution is -2.36. The van der Waals surface area contributed by atoms with Crippen molar-refractivity contribution in [2.75, 3.05) is 6.54 Å². The first kappa shape index (κ1) is 14.2. The summed E-state index contributed by atoms with van der Waals surface area (Å²) >= 11 is 0. The van der Waals surface area contributed by atoms with Crippen molar-refractivity contribution in [1.82, 2.24) is 15.1 Å². The number of nitrogens with one attached hydrogen (secondary N) is 1. The molecule has 17 heavy (non-hydrogen) atoms. The standard InChI is InChI=1S/C12H24N4O/c1-4-16-8-11(7-14-16)12(6-13)15-9(2)5-10(3)17/h7-10,12,15,17H,4-6,13H2,1-3H3. The first-order valence-electron chi connectivity index (χ1n) is 6.23. The number of hydrogen-bond acceptors (Lipinski definition) is 4. The van der Waals surface area contributed by atoms with Crippen molar-refractivity contribution in [3.8, 4) is 0 Å². The summed E-state index contributed by atoms with van der Waals surface area (Å²) in [6.45, 7) is 7.29. The van der Waals surface area contributed by atoms with E-state index in [4.69, 9.17) is 5.73 Å². The second-order valence-corrected chi connectivity index (χ2v) is 4.57. The maximum absolute atomic E-state index is 9.33. The molecule has 0 aliphatic carbocycles. The van der Waals surface area contributed by atoms with Gasteiger partial charge < -0.3 is 16.2 Å². The highest BCUT2D eigenvalue weighted by molar-refractivity contribution is 5.11. The number of rotatable bonds is 7. The summed E-state index contributed by atoms with van der Waals surface area (Å²) in [5.74, 6) is 0. The van der Waals surface area contributed by atoms with Crippen LogP contribution in [0.2, 0.25) is 0 Å². The topological polar surface area (TPSA) is 76.1 Å². The van der Waals surface area contributed by atoms with Crippen LogP contribution in [0.15, 0.2) is 12.4 Å². The molecule has 0 bridgehead atoms. The van der Waals surface area contributed by atoms with Crippen LogP contribution in [0.4, 0.5) is 0 Å². The van der Waals surface area contributed by atoms with E-state index in [1.54, 1.807) is 6.92 Å². The molecule has 0 spiro atoms. The lowest BCUT2D eigenvalue weighted by atomic mass is 10.1. The summed E-state index contributed by atoms with van der Waals surface area (Å²) in [5, 5.41) is 17.0. The molecule has 0 aromatic carbocycles. The molecule has 0 saturated heterocycles. The number of aryl methyl sites for hydroxylation is 1. The molecule has 5 nitrogen and oxygen atoms in total. The van der Waals surface area contributed by atoms with Crippen LogP contribution in [-0.2, 0) is 6.54 Å². The first-order chi connectivity index (χ1) is 8.06. The second kappa shape index (κ2) is 6.74. The van der Waals surface area contributed by atoms with Crippen molar-refractivity contribution in [1.29, 1.82) is 0 Å². The van der Waals surface area contributed by atoms with Crippen LogP contribution in [0.3, 0.4) is 0 Å². The van der Waals surface area contributed by atoms with Crippen LogP contribution in [0.5, 0.6) is 0 Å². The predicted molar refractivity (Wildman–Crippen MR) is 68.6 cm³/mol. The van der Waals surface area contributed by atoms with Crippen molar-refractivity contribution >= 4 is 0 Å². The zero-order valence-corrected chi connectivity index (χ0v) is 10.9. The number of nitrogens with two attached hydrogens (primary N) is 1. The van der Waals surface area contributed by atoms with Gasteiger partial charge in [0.05, 0.1) is 12.3 Å². The average Bonchev–Trinajstić information content (AvgIpc) is 2.73. The minimum absolute atomic E-state index is 0.101. The van der Waals surface area contributed by atoms with Crippen molar-refractivity contribution in [3.63, 3.8) is 0 Å². The monoisotopic (exact) mass is 240 g/mol. The summed E-state index contributed by atoms with van der Waals surface area (Å²) in [7, 11) is 0. The van der Waals surface area contributed by atoms with Gasteiger partial charge in [0.25, 0.3) is 0 Å². The fourth-order valence-electron chi connectivity index (χ4n) is 1.96. The molecule has 1 heterocycles. The summed E-state index contributed by atoms with van der Waals surface area (Å²) in [4.78, 5) is 0. The van der Waals surface area contributed by atoms with Gasteiger partial charge in [0, 0.05) is 36.9 Å². The van der Waals surface area contributed by atoms with E-state index in [1.807, 2.05) is 17.1 Å². The highest BCUT2D eigenvalue weighted by atomic mass is 16.3. The molecule has 0 saturated carbocycles. The van der Waals surface area contributed by atoms with Gasteiger partial charge in [-0.15, -0.1) is 0 Å². The molecule has 4 N–H and O–H groups in total. The Kier molecular flexibility index (Phi) is 5.61. The molecule has 3 atom stereocenters. The number of aliphatic hydroxyl groups excluding tert-OH is 1. The molecule has 1 aromatic rings. The van der Waals surface area contributed by atoms with Gasteiger partial charge in [-0.1, -0.05) is 0 Å². The van der Waals surface area contributed by atoms with Gasteiger partial charge in [0.15, 0.2) is 0 Å². The highest BCUT2D eigenvalue weighted by Gasteiger charge is 2.15. The Morgan fingerprint density at radius 1 is 1.53 bits per heavy atom. The average molecular weight is 240 g/mol. The van der Waals surface area contributed by atoms with Crippen LogP contribution in [-0.4, -0.2) is 33.6 Å². The minimum atomic E-state index is -0.297. The van der Waals surface area contributed by atoms with Crippen molar-refractivity contribution in [2.45, 2.75) is 51.9 Å². The van der Waals surface area contributed by atoms with E-state index in [2.05, 4.69) is 24.3 Å².